The van der Waals surface area contributed by atoms with Gasteiger partial charge in [0, 0.05) is 19.3 Å². The van der Waals surface area contributed by atoms with E-state index in [1.165, 1.54) is 16.9 Å². The van der Waals surface area contributed by atoms with E-state index in [1.807, 2.05) is 30.3 Å². The lowest BCUT2D eigenvalue weighted by atomic mass is 9.89. The number of phenols is 1. The predicted molar refractivity (Wildman–Crippen MR) is 104 cm³/mol. The van der Waals surface area contributed by atoms with Gasteiger partial charge in [-0.3, -0.25) is 10.3 Å². The largest absolute Gasteiger partial charge is 0.508 e. The zero-order chi connectivity index (χ0) is 18.6. The normalized spacial score (nSPS) is 14.9. The van der Waals surface area contributed by atoms with Gasteiger partial charge in [0.2, 0.25) is 5.13 Å². The first-order valence-corrected chi connectivity index (χ1v) is 9.60. The number of aromatic nitrogens is 3. The molecular formula is C19H19N5O2S. The maximum Gasteiger partial charge on any atom is 0.323 e. The Morgan fingerprint density at radius 1 is 1.11 bits per heavy atom. The minimum atomic E-state index is -0.150. The number of urea groups is 1. The highest BCUT2D eigenvalue weighted by Gasteiger charge is 2.24. The van der Waals surface area contributed by atoms with Crippen molar-refractivity contribution in [2.75, 3.05) is 18.4 Å². The summed E-state index contributed by atoms with van der Waals surface area (Å²) in [7, 11) is 0. The molecule has 2 amide bonds. The smallest absolute Gasteiger partial charge is 0.323 e. The Morgan fingerprint density at radius 3 is 2.59 bits per heavy atom. The van der Waals surface area contributed by atoms with Crippen LogP contribution in [-0.2, 0) is 0 Å². The fourth-order valence-corrected chi connectivity index (χ4v) is 3.91. The molecule has 0 bridgehead atoms. The average Bonchev–Trinajstić information content (AvgIpc) is 3.18. The Bertz CT molecular complexity index is 905. The van der Waals surface area contributed by atoms with Gasteiger partial charge in [-0.15, -0.1) is 10.2 Å². The summed E-state index contributed by atoms with van der Waals surface area (Å²) in [6.45, 7) is 1.37. The second-order valence-corrected chi connectivity index (χ2v) is 7.39. The predicted octanol–water partition coefficient (Wildman–Crippen LogP) is 3.72. The number of nitrogens with one attached hydrogen (secondary N) is 1. The summed E-state index contributed by atoms with van der Waals surface area (Å²) in [5.41, 5.74) is 1.95. The van der Waals surface area contributed by atoms with Gasteiger partial charge in [-0.05, 0) is 48.6 Å². The third kappa shape index (κ3) is 4.06. The van der Waals surface area contributed by atoms with Crippen molar-refractivity contribution in [2.45, 2.75) is 18.8 Å². The van der Waals surface area contributed by atoms with Crippen LogP contribution >= 0.6 is 11.3 Å². The number of aromatic hydroxyl groups is 1. The van der Waals surface area contributed by atoms with Crippen LogP contribution in [0.25, 0.3) is 10.7 Å². The van der Waals surface area contributed by atoms with Crippen molar-refractivity contribution in [3.05, 3.63) is 54.2 Å². The van der Waals surface area contributed by atoms with Gasteiger partial charge >= 0.3 is 6.03 Å². The summed E-state index contributed by atoms with van der Waals surface area (Å²) >= 11 is 1.31. The fraction of sp³-hybridized carbons (Fsp3) is 0.263. The molecule has 0 radical (unpaired) electrons. The zero-order valence-corrected chi connectivity index (χ0v) is 15.4. The van der Waals surface area contributed by atoms with E-state index in [4.69, 9.17) is 0 Å². The topological polar surface area (TPSA) is 91.2 Å². The molecule has 0 unspecified atom stereocenters. The number of nitrogens with zero attached hydrogens (tertiary/aromatic N) is 4. The van der Waals surface area contributed by atoms with Gasteiger partial charge < -0.3 is 10.0 Å². The quantitative estimate of drug-likeness (QED) is 0.721. The molecule has 0 saturated carbocycles. The van der Waals surface area contributed by atoms with Crippen molar-refractivity contribution in [1.82, 2.24) is 20.1 Å². The number of carbonyl (C=O) groups excluding carboxylic acids is 1. The highest BCUT2D eigenvalue weighted by atomic mass is 32.1. The standard InChI is InChI=1S/C19H19N5O2S/c25-15-6-4-13(5-7-15)14-8-11-24(12-9-14)19(26)21-18-23-22-17(27-18)16-3-1-2-10-20-16/h1-7,10,14,25H,8-9,11-12H2,(H,21,23,26). The molecule has 0 spiro atoms. The molecule has 2 aromatic heterocycles. The Hall–Kier alpha value is -3.00. The highest BCUT2D eigenvalue weighted by molar-refractivity contribution is 7.18. The summed E-state index contributed by atoms with van der Waals surface area (Å²) in [4.78, 5) is 18.6. The van der Waals surface area contributed by atoms with E-state index in [2.05, 4.69) is 20.5 Å². The number of pyridine rings is 1. The average molecular weight is 381 g/mol. The van der Waals surface area contributed by atoms with Crippen LogP contribution in [0.15, 0.2) is 48.7 Å². The number of benzene rings is 1. The van der Waals surface area contributed by atoms with Gasteiger partial charge in [0.25, 0.3) is 0 Å². The van der Waals surface area contributed by atoms with Crippen molar-refractivity contribution >= 4 is 22.5 Å². The molecule has 8 heteroatoms. The van der Waals surface area contributed by atoms with Gasteiger partial charge in [0.15, 0.2) is 5.01 Å². The molecule has 0 aliphatic carbocycles. The molecule has 3 heterocycles. The molecule has 138 valence electrons. The Balaban J connectivity index is 1.33. The first-order valence-electron chi connectivity index (χ1n) is 8.79. The van der Waals surface area contributed by atoms with E-state index in [1.54, 1.807) is 23.2 Å². The number of piperidine rings is 1. The molecule has 0 atom stereocenters. The minimum absolute atomic E-state index is 0.150. The van der Waals surface area contributed by atoms with E-state index in [9.17, 15) is 9.90 Å². The molecule has 1 fully saturated rings. The second kappa shape index (κ2) is 7.71. The monoisotopic (exact) mass is 381 g/mol. The van der Waals surface area contributed by atoms with E-state index in [0.717, 1.165) is 18.5 Å². The third-order valence-electron chi connectivity index (χ3n) is 4.67. The number of carbonyl (C=O) groups is 1. The van der Waals surface area contributed by atoms with E-state index in [-0.39, 0.29) is 11.8 Å². The van der Waals surface area contributed by atoms with E-state index < -0.39 is 0 Å². The van der Waals surface area contributed by atoms with Crippen LogP contribution in [0.5, 0.6) is 5.75 Å². The van der Waals surface area contributed by atoms with Gasteiger partial charge in [0.05, 0.1) is 0 Å². The number of likely N-dealkylation sites (tertiary alicyclic amines) is 1. The minimum Gasteiger partial charge on any atom is -0.508 e. The summed E-state index contributed by atoms with van der Waals surface area (Å²) in [6, 6.07) is 12.8. The fourth-order valence-electron chi connectivity index (χ4n) is 3.20. The van der Waals surface area contributed by atoms with Gasteiger partial charge in [0.1, 0.15) is 11.4 Å². The van der Waals surface area contributed by atoms with Crippen molar-refractivity contribution in [3.63, 3.8) is 0 Å². The van der Waals surface area contributed by atoms with Crippen LogP contribution in [0.3, 0.4) is 0 Å². The Kier molecular flexibility index (Phi) is 4.97. The van der Waals surface area contributed by atoms with Gasteiger partial charge in [-0.2, -0.15) is 0 Å². The number of hydrogen-bond donors (Lipinski definition) is 2. The van der Waals surface area contributed by atoms with Crippen LogP contribution < -0.4 is 5.32 Å². The molecular weight excluding hydrogens is 362 g/mol. The number of phenolic OH excluding ortho intramolecular Hbond substituents is 1. The molecule has 1 aliphatic heterocycles. The van der Waals surface area contributed by atoms with Crippen molar-refractivity contribution < 1.29 is 9.90 Å². The lowest BCUT2D eigenvalue weighted by molar-refractivity contribution is 0.194. The first kappa shape index (κ1) is 17.4. The lowest BCUT2D eigenvalue weighted by Gasteiger charge is -2.32. The van der Waals surface area contributed by atoms with E-state index in [0.29, 0.717) is 29.1 Å². The summed E-state index contributed by atoms with van der Waals surface area (Å²) in [5.74, 6) is 0.685. The molecule has 4 rings (SSSR count). The molecule has 2 N–H and O–H groups in total. The Labute approximate surface area is 160 Å². The molecule has 1 saturated heterocycles. The summed E-state index contributed by atoms with van der Waals surface area (Å²) < 4.78 is 0. The number of anilines is 1. The summed E-state index contributed by atoms with van der Waals surface area (Å²) in [5, 5.41) is 21.5. The number of amides is 2. The SMILES string of the molecule is O=C(Nc1nnc(-c2ccccn2)s1)N1CCC(c2ccc(O)cc2)CC1. The maximum absolute atomic E-state index is 12.5. The van der Waals surface area contributed by atoms with Crippen LogP contribution in [0, 0.1) is 0 Å². The van der Waals surface area contributed by atoms with Crippen molar-refractivity contribution in [3.8, 4) is 16.5 Å². The van der Waals surface area contributed by atoms with Gasteiger partial charge in [-0.1, -0.05) is 29.5 Å². The molecule has 1 aromatic carbocycles. The molecule has 27 heavy (non-hydrogen) atoms. The third-order valence-corrected chi connectivity index (χ3v) is 5.53. The van der Waals surface area contributed by atoms with Gasteiger partial charge in [-0.25, -0.2) is 4.79 Å². The second-order valence-electron chi connectivity index (χ2n) is 6.41. The van der Waals surface area contributed by atoms with Crippen LogP contribution in [0.1, 0.15) is 24.3 Å². The zero-order valence-electron chi connectivity index (χ0n) is 14.6. The Morgan fingerprint density at radius 2 is 1.89 bits per heavy atom. The van der Waals surface area contributed by atoms with Crippen LogP contribution in [-0.4, -0.2) is 44.3 Å². The lowest BCUT2D eigenvalue weighted by Crippen LogP contribution is -2.40. The summed E-state index contributed by atoms with van der Waals surface area (Å²) in [6.07, 6.45) is 3.49. The van der Waals surface area contributed by atoms with Crippen LogP contribution in [0.2, 0.25) is 0 Å². The number of hydrogen-bond acceptors (Lipinski definition) is 6. The highest BCUT2D eigenvalue weighted by Crippen LogP contribution is 2.30. The maximum atomic E-state index is 12.5. The first-order chi connectivity index (χ1) is 13.2. The number of rotatable bonds is 3. The molecule has 1 aliphatic rings. The van der Waals surface area contributed by atoms with Crippen LogP contribution in [0.4, 0.5) is 9.93 Å². The van der Waals surface area contributed by atoms with Crippen molar-refractivity contribution in [2.24, 2.45) is 0 Å². The van der Waals surface area contributed by atoms with E-state index >= 15 is 0 Å². The van der Waals surface area contributed by atoms with Crippen molar-refractivity contribution in [1.29, 1.82) is 0 Å². The molecule has 3 aromatic rings. The molecule has 7 nitrogen and oxygen atoms in total.